The van der Waals surface area contributed by atoms with Gasteiger partial charge < -0.3 is 5.73 Å². The molecule has 0 atom stereocenters. The van der Waals surface area contributed by atoms with Crippen LogP contribution in [0, 0.1) is 11.3 Å². The Morgan fingerprint density at radius 3 is 3.08 bits per heavy atom. The minimum Gasteiger partial charge on any atom is -0.366 e. The van der Waals surface area contributed by atoms with E-state index in [0.29, 0.717) is 11.3 Å². The molecule has 0 saturated carbocycles. The third-order valence-corrected chi connectivity index (χ3v) is 1.49. The second-order valence-corrected chi connectivity index (χ2v) is 2.26. The van der Waals surface area contributed by atoms with E-state index >= 15 is 0 Å². The highest BCUT2D eigenvalue weighted by atomic mass is 15.3. The third kappa shape index (κ3) is 0.787. The summed E-state index contributed by atoms with van der Waals surface area (Å²) in [6.07, 6.45) is 0. The molecule has 0 unspecified atom stereocenters. The molecule has 58 valence electrons. The highest BCUT2D eigenvalue weighted by Crippen LogP contribution is 2.04. The smallest absolute Gasteiger partial charge is 0.240 e. The lowest BCUT2D eigenvalue weighted by atomic mass is 10.4. The second-order valence-electron chi connectivity index (χ2n) is 2.26. The van der Waals surface area contributed by atoms with Crippen molar-refractivity contribution in [2.45, 2.75) is 0 Å². The van der Waals surface area contributed by atoms with Gasteiger partial charge in [0.1, 0.15) is 11.8 Å². The standard InChI is InChI=1S/C7H5N5/c8-4-5-2-1-3-6-10-7(9)11-12(5)6/h1-3H,(H2,9,11). The number of fused-ring (bicyclic) bond motifs is 1. The number of anilines is 1. The molecule has 2 N–H and O–H groups in total. The molecule has 0 radical (unpaired) electrons. The van der Waals surface area contributed by atoms with Crippen LogP contribution in [0.2, 0.25) is 0 Å². The summed E-state index contributed by atoms with van der Waals surface area (Å²) < 4.78 is 1.41. The zero-order chi connectivity index (χ0) is 8.55. The van der Waals surface area contributed by atoms with Crippen molar-refractivity contribution in [2.24, 2.45) is 0 Å². The van der Waals surface area contributed by atoms with Gasteiger partial charge in [0, 0.05) is 0 Å². The summed E-state index contributed by atoms with van der Waals surface area (Å²) in [6, 6.07) is 7.12. The Kier molecular flexibility index (Phi) is 1.21. The van der Waals surface area contributed by atoms with E-state index in [9.17, 15) is 0 Å². The van der Waals surface area contributed by atoms with Gasteiger partial charge in [0.2, 0.25) is 5.95 Å². The Morgan fingerprint density at radius 2 is 2.33 bits per heavy atom. The summed E-state index contributed by atoms with van der Waals surface area (Å²) in [5, 5.41) is 12.5. The number of nitrogens with two attached hydrogens (primary N) is 1. The van der Waals surface area contributed by atoms with E-state index in [1.807, 2.05) is 6.07 Å². The van der Waals surface area contributed by atoms with Gasteiger partial charge in [0.05, 0.1) is 0 Å². The number of hydrogen-bond acceptors (Lipinski definition) is 4. The van der Waals surface area contributed by atoms with Gasteiger partial charge in [-0.05, 0) is 12.1 Å². The molecule has 0 aromatic carbocycles. The first-order valence-corrected chi connectivity index (χ1v) is 3.32. The predicted octanol–water partition coefficient (Wildman–Crippen LogP) is 0.183. The maximum absolute atomic E-state index is 8.67. The van der Waals surface area contributed by atoms with Crippen LogP contribution in [0.4, 0.5) is 5.95 Å². The Balaban J connectivity index is 2.89. The van der Waals surface area contributed by atoms with Crippen LogP contribution >= 0.6 is 0 Å². The van der Waals surface area contributed by atoms with E-state index in [-0.39, 0.29) is 5.95 Å². The largest absolute Gasteiger partial charge is 0.366 e. The first kappa shape index (κ1) is 6.61. The van der Waals surface area contributed by atoms with Crippen LogP contribution in [0.5, 0.6) is 0 Å². The monoisotopic (exact) mass is 159 g/mol. The van der Waals surface area contributed by atoms with Gasteiger partial charge in [0.25, 0.3) is 0 Å². The Bertz CT molecular complexity index is 464. The van der Waals surface area contributed by atoms with E-state index in [0.717, 1.165) is 0 Å². The number of nitriles is 1. The Hall–Kier alpha value is -2.09. The lowest BCUT2D eigenvalue weighted by molar-refractivity contribution is 0.947. The Labute approximate surface area is 68.1 Å². The van der Waals surface area contributed by atoms with Crippen molar-refractivity contribution in [3.63, 3.8) is 0 Å². The van der Waals surface area contributed by atoms with Gasteiger partial charge in [-0.1, -0.05) is 6.07 Å². The van der Waals surface area contributed by atoms with Crippen LogP contribution in [-0.2, 0) is 0 Å². The summed E-state index contributed by atoms with van der Waals surface area (Å²) in [4.78, 5) is 3.90. The molecule has 0 aliphatic carbocycles. The van der Waals surface area contributed by atoms with Gasteiger partial charge in [-0.2, -0.15) is 10.2 Å². The van der Waals surface area contributed by atoms with Crippen LogP contribution in [0.25, 0.3) is 5.65 Å². The molecular formula is C7H5N5. The summed E-state index contributed by atoms with van der Waals surface area (Å²) >= 11 is 0. The average molecular weight is 159 g/mol. The molecule has 5 nitrogen and oxygen atoms in total. The predicted molar refractivity (Wildman–Crippen MR) is 42.1 cm³/mol. The first-order valence-electron chi connectivity index (χ1n) is 3.32. The maximum atomic E-state index is 8.67. The fraction of sp³-hybridized carbons (Fsp3) is 0. The van der Waals surface area contributed by atoms with E-state index in [4.69, 9.17) is 11.0 Å². The molecular weight excluding hydrogens is 154 g/mol. The highest BCUT2D eigenvalue weighted by Gasteiger charge is 2.02. The molecule has 0 amide bonds. The highest BCUT2D eigenvalue weighted by molar-refractivity contribution is 5.45. The van der Waals surface area contributed by atoms with Crippen molar-refractivity contribution in [1.82, 2.24) is 14.6 Å². The molecule has 2 rings (SSSR count). The van der Waals surface area contributed by atoms with Crippen LogP contribution in [-0.4, -0.2) is 14.6 Å². The maximum Gasteiger partial charge on any atom is 0.240 e. The van der Waals surface area contributed by atoms with Crippen molar-refractivity contribution in [3.8, 4) is 6.07 Å². The average Bonchev–Trinajstić information content (AvgIpc) is 2.44. The number of pyridine rings is 1. The molecule has 2 heterocycles. The molecule has 2 aromatic heterocycles. The normalized spacial score (nSPS) is 9.92. The van der Waals surface area contributed by atoms with E-state index < -0.39 is 0 Å². The molecule has 2 aromatic rings. The van der Waals surface area contributed by atoms with Gasteiger partial charge in [-0.3, -0.25) is 0 Å². The van der Waals surface area contributed by atoms with Crippen LogP contribution in [0.15, 0.2) is 18.2 Å². The van der Waals surface area contributed by atoms with Crippen LogP contribution in [0.3, 0.4) is 0 Å². The van der Waals surface area contributed by atoms with Crippen molar-refractivity contribution < 1.29 is 0 Å². The number of rotatable bonds is 0. The minimum atomic E-state index is 0.178. The number of nitrogens with zero attached hydrogens (tertiary/aromatic N) is 4. The van der Waals surface area contributed by atoms with Crippen molar-refractivity contribution in [3.05, 3.63) is 23.9 Å². The van der Waals surface area contributed by atoms with Crippen LogP contribution < -0.4 is 5.73 Å². The molecule has 5 heteroatoms. The summed E-state index contributed by atoms with van der Waals surface area (Å²) in [5.41, 5.74) is 6.38. The lowest BCUT2D eigenvalue weighted by Crippen LogP contribution is -1.93. The topological polar surface area (TPSA) is 80.0 Å². The van der Waals surface area contributed by atoms with Crippen molar-refractivity contribution in [2.75, 3.05) is 5.73 Å². The zero-order valence-corrected chi connectivity index (χ0v) is 6.10. The van der Waals surface area contributed by atoms with E-state index in [2.05, 4.69) is 10.1 Å². The van der Waals surface area contributed by atoms with E-state index in [1.165, 1.54) is 4.52 Å². The van der Waals surface area contributed by atoms with Crippen molar-refractivity contribution >= 4 is 11.6 Å². The number of nitrogen functional groups attached to an aromatic ring is 1. The third-order valence-electron chi connectivity index (χ3n) is 1.49. The fourth-order valence-electron chi connectivity index (χ4n) is 1.01. The molecule has 12 heavy (non-hydrogen) atoms. The molecule has 0 aliphatic rings. The van der Waals surface area contributed by atoms with Crippen molar-refractivity contribution in [1.29, 1.82) is 5.26 Å². The summed E-state index contributed by atoms with van der Waals surface area (Å²) in [5.74, 6) is 0.178. The summed E-state index contributed by atoms with van der Waals surface area (Å²) in [7, 11) is 0. The molecule has 0 fully saturated rings. The lowest BCUT2D eigenvalue weighted by Gasteiger charge is -1.90. The van der Waals surface area contributed by atoms with E-state index in [1.54, 1.807) is 18.2 Å². The Morgan fingerprint density at radius 1 is 1.50 bits per heavy atom. The number of hydrogen-bond donors (Lipinski definition) is 1. The number of aromatic nitrogens is 3. The second kappa shape index (κ2) is 2.20. The van der Waals surface area contributed by atoms with Gasteiger partial charge in [-0.15, -0.1) is 5.10 Å². The van der Waals surface area contributed by atoms with Crippen LogP contribution in [0.1, 0.15) is 5.69 Å². The zero-order valence-electron chi connectivity index (χ0n) is 6.10. The minimum absolute atomic E-state index is 0.178. The molecule has 0 spiro atoms. The van der Waals surface area contributed by atoms with Gasteiger partial charge >= 0.3 is 0 Å². The quantitative estimate of drug-likeness (QED) is 0.594. The molecule has 0 bridgehead atoms. The fourth-order valence-corrected chi connectivity index (χ4v) is 1.01. The molecule has 0 saturated heterocycles. The molecule has 0 aliphatic heterocycles. The first-order chi connectivity index (χ1) is 5.81. The SMILES string of the molecule is N#Cc1cccc2nc(N)nn12. The van der Waals surface area contributed by atoms with Gasteiger partial charge in [0.15, 0.2) is 5.65 Å². The van der Waals surface area contributed by atoms with Gasteiger partial charge in [-0.25, -0.2) is 4.52 Å². The summed E-state index contributed by atoms with van der Waals surface area (Å²) in [6.45, 7) is 0.